The SMILES string of the molecule is N#Cc1ccc(N2C[C@@H](C(=O)Nc3ccc([N+](=O)[O-])cc3Cl)O[C@@H]2C(F)(F)F)cc1C(F)(F)F. The summed E-state index contributed by atoms with van der Waals surface area (Å²) in [5.41, 5.74) is -3.36. The number of non-ortho nitro benzene ring substituents is 1. The minimum absolute atomic E-state index is 0.152. The van der Waals surface area contributed by atoms with E-state index in [9.17, 15) is 41.3 Å². The zero-order chi connectivity index (χ0) is 25.4. The number of alkyl halides is 6. The Morgan fingerprint density at radius 2 is 1.88 bits per heavy atom. The molecule has 0 radical (unpaired) electrons. The number of rotatable bonds is 4. The molecule has 0 aliphatic carbocycles. The van der Waals surface area contributed by atoms with Crippen LogP contribution in [0.5, 0.6) is 0 Å². The van der Waals surface area contributed by atoms with Gasteiger partial charge in [0.15, 0.2) is 6.10 Å². The van der Waals surface area contributed by atoms with Gasteiger partial charge in [0.1, 0.15) is 0 Å². The predicted molar refractivity (Wildman–Crippen MR) is 105 cm³/mol. The van der Waals surface area contributed by atoms with E-state index < -0.39 is 64.6 Å². The Bertz CT molecular complexity index is 1180. The van der Waals surface area contributed by atoms with Crippen molar-refractivity contribution in [3.63, 3.8) is 0 Å². The maximum atomic E-state index is 13.6. The van der Waals surface area contributed by atoms with Gasteiger partial charge < -0.3 is 15.0 Å². The molecule has 0 saturated carbocycles. The number of halogens is 7. The van der Waals surface area contributed by atoms with Crippen LogP contribution in [-0.4, -0.2) is 35.9 Å². The minimum Gasteiger partial charge on any atom is -0.335 e. The van der Waals surface area contributed by atoms with Crippen molar-refractivity contribution >= 4 is 34.6 Å². The standard InChI is InChI=1S/C19H11ClF6N4O4/c20-13-6-11(30(32)33)3-4-14(13)28-16(31)15-8-29(17(34-15)19(24,25)26)10-2-1-9(7-27)12(5-10)18(21,22)23/h1-6,15,17H,8H2,(H,28,31)/t15-,17+/m0/s1. The van der Waals surface area contributed by atoms with E-state index in [1.165, 1.54) is 6.07 Å². The molecular weight excluding hydrogens is 498 g/mol. The van der Waals surface area contributed by atoms with Gasteiger partial charge in [0, 0.05) is 17.8 Å². The second-order valence-corrected chi connectivity index (χ2v) is 7.33. The maximum absolute atomic E-state index is 13.6. The predicted octanol–water partition coefficient (Wildman–Crippen LogP) is 4.87. The normalized spacial score (nSPS) is 18.5. The molecular formula is C19H11ClF6N4O4. The lowest BCUT2D eigenvalue weighted by atomic mass is 10.1. The van der Waals surface area contributed by atoms with Crippen molar-refractivity contribution < 1.29 is 40.8 Å². The van der Waals surface area contributed by atoms with Crippen LogP contribution in [0.25, 0.3) is 0 Å². The van der Waals surface area contributed by atoms with E-state index in [4.69, 9.17) is 21.6 Å². The molecule has 0 spiro atoms. The minimum atomic E-state index is -5.09. The molecule has 2 aromatic rings. The van der Waals surface area contributed by atoms with Crippen LogP contribution in [0.3, 0.4) is 0 Å². The highest BCUT2D eigenvalue weighted by atomic mass is 35.5. The van der Waals surface area contributed by atoms with Gasteiger partial charge in [0.25, 0.3) is 11.6 Å². The molecule has 1 aliphatic heterocycles. The van der Waals surface area contributed by atoms with Crippen molar-refractivity contribution in [3.8, 4) is 6.07 Å². The van der Waals surface area contributed by atoms with Gasteiger partial charge in [-0.2, -0.15) is 31.6 Å². The number of benzene rings is 2. The van der Waals surface area contributed by atoms with Crippen molar-refractivity contribution in [2.24, 2.45) is 0 Å². The molecule has 1 amide bonds. The first-order valence-electron chi connectivity index (χ1n) is 9.07. The van der Waals surface area contributed by atoms with Crippen LogP contribution in [0.4, 0.5) is 43.4 Å². The Labute approximate surface area is 191 Å². The molecule has 2 aromatic carbocycles. The number of nitro groups is 1. The highest BCUT2D eigenvalue weighted by Crippen LogP contribution is 2.39. The summed E-state index contributed by atoms with van der Waals surface area (Å²) in [5.74, 6) is -1.11. The molecule has 1 N–H and O–H groups in total. The van der Waals surface area contributed by atoms with Crippen LogP contribution in [0.15, 0.2) is 36.4 Å². The molecule has 15 heteroatoms. The molecule has 0 bridgehead atoms. The zero-order valence-corrected chi connectivity index (χ0v) is 17.2. The van der Waals surface area contributed by atoms with Crippen molar-refractivity contribution in [2.75, 3.05) is 16.8 Å². The number of ether oxygens (including phenoxy) is 1. The first-order chi connectivity index (χ1) is 15.7. The van der Waals surface area contributed by atoms with E-state index in [1.54, 1.807) is 0 Å². The average Bonchev–Trinajstić information content (AvgIpc) is 3.20. The summed E-state index contributed by atoms with van der Waals surface area (Å²) < 4.78 is 85.3. The van der Waals surface area contributed by atoms with Crippen LogP contribution in [-0.2, 0) is 15.7 Å². The summed E-state index contributed by atoms with van der Waals surface area (Å²) >= 11 is 5.86. The number of anilines is 2. The van der Waals surface area contributed by atoms with Crippen molar-refractivity contribution in [1.29, 1.82) is 5.26 Å². The third-order valence-corrected chi connectivity index (χ3v) is 5.01. The fraction of sp³-hybridized carbons (Fsp3) is 0.263. The summed E-state index contributed by atoms with van der Waals surface area (Å²) in [6.07, 6.45) is -14.7. The molecule has 8 nitrogen and oxygen atoms in total. The quantitative estimate of drug-likeness (QED) is 0.358. The molecule has 0 aromatic heterocycles. The Balaban J connectivity index is 1.89. The Kier molecular flexibility index (Phi) is 6.63. The lowest BCUT2D eigenvalue weighted by Gasteiger charge is -2.27. The second kappa shape index (κ2) is 8.99. The van der Waals surface area contributed by atoms with Gasteiger partial charge in [0.2, 0.25) is 6.23 Å². The molecule has 180 valence electrons. The van der Waals surface area contributed by atoms with Crippen molar-refractivity contribution in [2.45, 2.75) is 24.7 Å². The fourth-order valence-corrected chi connectivity index (χ4v) is 3.38. The van der Waals surface area contributed by atoms with E-state index in [2.05, 4.69) is 5.32 Å². The molecule has 1 saturated heterocycles. The largest absolute Gasteiger partial charge is 0.433 e. The van der Waals surface area contributed by atoms with E-state index in [0.717, 1.165) is 30.3 Å². The second-order valence-electron chi connectivity index (χ2n) is 6.92. The maximum Gasteiger partial charge on any atom is 0.433 e. The molecule has 34 heavy (non-hydrogen) atoms. The molecule has 2 atom stereocenters. The molecule has 3 rings (SSSR count). The molecule has 1 fully saturated rings. The molecule has 1 aliphatic rings. The highest BCUT2D eigenvalue weighted by Gasteiger charge is 2.52. The fourth-order valence-electron chi connectivity index (χ4n) is 3.16. The number of carbonyl (C=O) groups excluding carboxylic acids is 1. The van der Waals surface area contributed by atoms with E-state index >= 15 is 0 Å². The van der Waals surface area contributed by atoms with Crippen LogP contribution in [0.2, 0.25) is 5.02 Å². The molecule has 1 heterocycles. The van der Waals surface area contributed by atoms with Crippen LogP contribution in [0, 0.1) is 21.4 Å². The number of hydrogen-bond donors (Lipinski definition) is 1. The summed E-state index contributed by atoms with van der Waals surface area (Å²) in [6, 6.07) is 6.25. The van der Waals surface area contributed by atoms with Gasteiger partial charge in [0.05, 0.1) is 39.4 Å². The number of nitrogens with zero attached hydrogens (tertiary/aromatic N) is 3. The number of carbonyl (C=O) groups is 1. The molecule has 0 unspecified atom stereocenters. The zero-order valence-electron chi connectivity index (χ0n) is 16.4. The van der Waals surface area contributed by atoms with E-state index in [-0.39, 0.29) is 10.7 Å². The highest BCUT2D eigenvalue weighted by molar-refractivity contribution is 6.34. The number of nitriles is 1. The number of hydrogen-bond acceptors (Lipinski definition) is 6. The van der Waals surface area contributed by atoms with Gasteiger partial charge in [-0.1, -0.05) is 11.6 Å². The van der Waals surface area contributed by atoms with Gasteiger partial charge in [-0.25, -0.2) is 0 Å². The van der Waals surface area contributed by atoms with E-state index in [0.29, 0.717) is 11.0 Å². The summed E-state index contributed by atoms with van der Waals surface area (Å²) in [7, 11) is 0. The third-order valence-electron chi connectivity index (χ3n) is 4.69. The third kappa shape index (κ3) is 5.15. The first kappa shape index (κ1) is 25.1. The Morgan fingerprint density at radius 3 is 2.41 bits per heavy atom. The number of nitrogens with one attached hydrogen (secondary N) is 1. The number of amides is 1. The van der Waals surface area contributed by atoms with Crippen LogP contribution < -0.4 is 10.2 Å². The van der Waals surface area contributed by atoms with Gasteiger partial charge >= 0.3 is 12.4 Å². The van der Waals surface area contributed by atoms with Crippen molar-refractivity contribution in [3.05, 3.63) is 62.7 Å². The van der Waals surface area contributed by atoms with Gasteiger partial charge in [-0.15, -0.1) is 0 Å². The van der Waals surface area contributed by atoms with E-state index in [1.807, 2.05) is 0 Å². The van der Waals surface area contributed by atoms with Crippen LogP contribution in [0.1, 0.15) is 11.1 Å². The Morgan fingerprint density at radius 1 is 1.21 bits per heavy atom. The summed E-state index contributed by atoms with van der Waals surface area (Å²) in [5, 5.41) is 21.5. The summed E-state index contributed by atoms with van der Waals surface area (Å²) in [6.45, 7) is -0.788. The number of nitro benzene ring substituents is 1. The lowest BCUT2D eigenvalue weighted by Crippen LogP contribution is -2.42. The van der Waals surface area contributed by atoms with Crippen molar-refractivity contribution in [1.82, 2.24) is 0 Å². The monoisotopic (exact) mass is 508 g/mol. The first-order valence-corrected chi connectivity index (χ1v) is 9.45. The Hall–Kier alpha value is -3.57. The summed E-state index contributed by atoms with van der Waals surface area (Å²) in [4.78, 5) is 22.9. The topological polar surface area (TPSA) is 109 Å². The average molecular weight is 509 g/mol. The van der Waals surface area contributed by atoms with Crippen LogP contribution >= 0.6 is 11.6 Å². The lowest BCUT2D eigenvalue weighted by molar-refractivity contribution is -0.384. The smallest absolute Gasteiger partial charge is 0.335 e. The van der Waals surface area contributed by atoms with Gasteiger partial charge in [-0.05, 0) is 24.3 Å². The van der Waals surface area contributed by atoms with Gasteiger partial charge in [-0.3, -0.25) is 14.9 Å².